The van der Waals surface area contributed by atoms with Gasteiger partial charge in [0.2, 0.25) is 0 Å². The zero-order valence-electron chi connectivity index (χ0n) is 19.8. The van der Waals surface area contributed by atoms with E-state index >= 15 is 0 Å². The predicted molar refractivity (Wildman–Crippen MR) is 129 cm³/mol. The smallest absolute Gasteiger partial charge is 0.254 e. The minimum Gasteiger partial charge on any atom is -0.497 e. The Labute approximate surface area is 213 Å². The number of amides is 1. The van der Waals surface area contributed by atoms with Gasteiger partial charge < -0.3 is 35.5 Å². The van der Waals surface area contributed by atoms with Crippen LogP contribution in [0.25, 0.3) is 0 Å². The topological polar surface area (TPSA) is 147 Å². The Morgan fingerprint density at radius 1 is 1.19 bits per heavy atom. The van der Waals surface area contributed by atoms with Crippen LogP contribution in [-0.2, 0) is 16.1 Å². The number of halogens is 3. The van der Waals surface area contributed by atoms with E-state index in [0.717, 1.165) is 12.1 Å². The lowest BCUT2D eigenvalue weighted by atomic mass is 10.1. The molecule has 2 aromatic carbocycles. The molecule has 198 valence electrons. The first-order valence-electron chi connectivity index (χ1n) is 11.1. The normalized spacial score (nSPS) is 19.8. The summed E-state index contributed by atoms with van der Waals surface area (Å²) in [7, 11) is 1.27. The van der Waals surface area contributed by atoms with Crippen molar-refractivity contribution < 1.29 is 38.0 Å². The summed E-state index contributed by atoms with van der Waals surface area (Å²) in [5.74, 6) is -2.68. The minimum atomic E-state index is -1.55. The molecule has 0 unspecified atom stereocenters. The van der Waals surface area contributed by atoms with Gasteiger partial charge in [-0.2, -0.15) is 0 Å². The molecule has 36 heavy (non-hydrogen) atoms. The number of nitrogens with two attached hydrogens (primary N) is 1. The van der Waals surface area contributed by atoms with E-state index in [9.17, 15) is 23.8 Å². The van der Waals surface area contributed by atoms with E-state index in [0.29, 0.717) is 16.9 Å². The lowest BCUT2D eigenvalue weighted by molar-refractivity contribution is -0.133. The Bertz CT molecular complexity index is 1060. The summed E-state index contributed by atoms with van der Waals surface area (Å²) >= 11 is 0. The molecule has 1 aliphatic carbocycles. The number of hydrogen-bond donors (Lipinski definition) is 5. The molecule has 0 bridgehead atoms. The number of amidine groups is 1. The van der Waals surface area contributed by atoms with Crippen molar-refractivity contribution >= 4 is 24.1 Å². The third-order valence-electron chi connectivity index (χ3n) is 5.70. The van der Waals surface area contributed by atoms with Crippen LogP contribution in [0.2, 0.25) is 0 Å². The van der Waals surface area contributed by atoms with Gasteiger partial charge in [0.05, 0.1) is 24.9 Å². The molecular weight excluding hydrogens is 500 g/mol. The molecule has 0 aliphatic heterocycles. The highest BCUT2D eigenvalue weighted by molar-refractivity contribution is 5.95. The summed E-state index contributed by atoms with van der Waals surface area (Å²) in [6, 6.07) is 6.61. The standard InChI is InChI=1S/C24H29F2N3O6.ClH/c1-3-34-22(21-16(25)7-14(33-2)8-17(21)26)24(32)29-11-13-5-4-12(23(27)28)6-20(13)35-15-9-18(30)19(31)10-15;/h4-8,15,18-19,22,30-31H,3,9-11H2,1-2H3,(H3,27,28)(H,29,32);1H/t15-,18-,19+,22-;/m0./s1. The molecule has 4 atom stereocenters. The third-order valence-corrected chi connectivity index (χ3v) is 5.70. The highest BCUT2D eigenvalue weighted by atomic mass is 35.5. The zero-order chi connectivity index (χ0) is 25.7. The Balaban J connectivity index is 0.00000456. The Morgan fingerprint density at radius 3 is 2.33 bits per heavy atom. The second kappa shape index (κ2) is 12.8. The van der Waals surface area contributed by atoms with E-state index in [4.69, 9.17) is 25.4 Å². The average Bonchev–Trinajstić information content (AvgIpc) is 3.13. The van der Waals surface area contributed by atoms with Crippen molar-refractivity contribution in [3.63, 3.8) is 0 Å². The van der Waals surface area contributed by atoms with Gasteiger partial charge in [0, 0.05) is 49.3 Å². The first-order chi connectivity index (χ1) is 16.6. The zero-order valence-corrected chi connectivity index (χ0v) is 20.6. The predicted octanol–water partition coefficient (Wildman–Crippen LogP) is 2.34. The molecule has 1 amide bonds. The van der Waals surface area contributed by atoms with Crippen molar-refractivity contribution in [1.82, 2.24) is 5.32 Å². The van der Waals surface area contributed by atoms with Crippen LogP contribution in [0, 0.1) is 17.0 Å². The Morgan fingerprint density at radius 2 is 1.81 bits per heavy atom. The van der Waals surface area contributed by atoms with E-state index in [2.05, 4.69) is 5.32 Å². The fourth-order valence-electron chi connectivity index (χ4n) is 3.86. The summed E-state index contributed by atoms with van der Waals surface area (Å²) in [4.78, 5) is 12.9. The van der Waals surface area contributed by atoms with Gasteiger partial charge in [-0.15, -0.1) is 12.4 Å². The number of nitrogen functional groups attached to an aromatic ring is 1. The van der Waals surface area contributed by atoms with Gasteiger partial charge in [0.15, 0.2) is 6.10 Å². The number of methoxy groups -OCH3 is 1. The van der Waals surface area contributed by atoms with Gasteiger partial charge in [-0.1, -0.05) is 12.1 Å². The van der Waals surface area contributed by atoms with Crippen LogP contribution in [0.5, 0.6) is 11.5 Å². The van der Waals surface area contributed by atoms with Crippen molar-refractivity contribution in [2.75, 3.05) is 13.7 Å². The molecule has 1 saturated carbocycles. The molecule has 1 aliphatic rings. The van der Waals surface area contributed by atoms with Gasteiger partial charge in [0.1, 0.15) is 35.1 Å². The molecule has 6 N–H and O–H groups in total. The average molecular weight is 530 g/mol. The number of aliphatic hydroxyl groups excluding tert-OH is 2. The molecule has 0 heterocycles. The number of rotatable bonds is 10. The van der Waals surface area contributed by atoms with Crippen molar-refractivity contribution in [2.24, 2.45) is 5.73 Å². The summed E-state index contributed by atoms with van der Waals surface area (Å²) < 4.78 is 45.3. The number of carbonyl (C=O) groups excluding carboxylic acids is 1. The molecule has 0 aromatic heterocycles. The fraction of sp³-hybridized carbons (Fsp3) is 0.417. The lowest BCUT2D eigenvalue weighted by Gasteiger charge is -2.21. The number of carbonyl (C=O) groups is 1. The van der Waals surface area contributed by atoms with Gasteiger partial charge in [-0.05, 0) is 13.0 Å². The molecule has 2 aromatic rings. The molecule has 0 spiro atoms. The highest BCUT2D eigenvalue weighted by Gasteiger charge is 2.33. The van der Waals surface area contributed by atoms with Crippen LogP contribution in [0.3, 0.4) is 0 Å². The van der Waals surface area contributed by atoms with E-state index in [1.165, 1.54) is 13.2 Å². The Hall–Kier alpha value is -2.99. The molecule has 0 radical (unpaired) electrons. The maximum Gasteiger partial charge on any atom is 0.254 e. The SMILES string of the molecule is CCO[C@H](C(=O)NCc1ccc(C(=N)N)cc1O[C@@H]1C[C@@H](O)[C@@H](O)C1)c1c(F)cc(OC)cc1F.Cl. The van der Waals surface area contributed by atoms with E-state index < -0.39 is 47.5 Å². The number of hydrogen-bond acceptors (Lipinski definition) is 7. The van der Waals surface area contributed by atoms with Crippen LogP contribution in [-0.4, -0.2) is 54.0 Å². The first-order valence-corrected chi connectivity index (χ1v) is 11.1. The summed E-state index contributed by atoms with van der Waals surface area (Å²) in [5, 5.41) is 29.9. The van der Waals surface area contributed by atoms with Crippen molar-refractivity contribution in [3.05, 3.63) is 58.7 Å². The fourth-order valence-corrected chi connectivity index (χ4v) is 3.86. The van der Waals surface area contributed by atoms with Crippen LogP contribution in [0.1, 0.15) is 42.6 Å². The maximum absolute atomic E-state index is 14.6. The van der Waals surface area contributed by atoms with Gasteiger partial charge in [-0.3, -0.25) is 10.2 Å². The lowest BCUT2D eigenvalue weighted by Crippen LogP contribution is -2.32. The largest absolute Gasteiger partial charge is 0.497 e. The minimum absolute atomic E-state index is 0. The molecule has 3 rings (SSSR count). The van der Waals surface area contributed by atoms with E-state index in [1.807, 2.05) is 0 Å². The van der Waals surface area contributed by atoms with Gasteiger partial charge >= 0.3 is 0 Å². The second-order valence-electron chi connectivity index (χ2n) is 8.14. The molecule has 1 fully saturated rings. The van der Waals surface area contributed by atoms with Gasteiger partial charge in [-0.25, -0.2) is 8.78 Å². The molecule has 0 saturated heterocycles. The van der Waals surface area contributed by atoms with Crippen LogP contribution in [0.4, 0.5) is 8.78 Å². The number of benzene rings is 2. The monoisotopic (exact) mass is 529 g/mol. The number of ether oxygens (including phenoxy) is 3. The maximum atomic E-state index is 14.6. The summed E-state index contributed by atoms with van der Waals surface area (Å²) in [5.41, 5.74) is 5.91. The molecular formula is C24H30ClF2N3O6. The highest BCUT2D eigenvalue weighted by Crippen LogP contribution is 2.30. The first kappa shape index (κ1) is 29.2. The third kappa shape index (κ3) is 6.82. The number of aliphatic hydroxyl groups is 2. The quantitative estimate of drug-likeness (QED) is 0.234. The van der Waals surface area contributed by atoms with E-state index in [-0.39, 0.29) is 50.0 Å². The Kier molecular flexibility index (Phi) is 10.4. The summed E-state index contributed by atoms with van der Waals surface area (Å²) in [6.45, 7) is 1.53. The van der Waals surface area contributed by atoms with Crippen LogP contribution in [0.15, 0.2) is 30.3 Å². The van der Waals surface area contributed by atoms with Crippen molar-refractivity contribution in [2.45, 2.75) is 50.7 Å². The van der Waals surface area contributed by atoms with Gasteiger partial charge in [0.25, 0.3) is 5.91 Å². The number of nitrogens with one attached hydrogen (secondary N) is 2. The second-order valence-corrected chi connectivity index (χ2v) is 8.14. The van der Waals surface area contributed by atoms with E-state index in [1.54, 1.807) is 19.1 Å². The summed E-state index contributed by atoms with van der Waals surface area (Å²) in [6.07, 6.45) is -3.46. The van der Waals surface area contributed by atoms with Crippen molar-refractivity contribution in [3.8, 4) is 11.5 Å². The molecule has 9 nitrogen and oxygen atoms in total. The van der Waals surface area contributed by atoms with Crippen molar-refractivity contribution in [1.29, 1.82) is 5.41 Å². The molecule has 12 heteroatoms. The van der Waals surface area contributed by atoms with Crippen LogP contribution >= 0.6 is 12.4 Å². The van der Waals surface area contributed by atoms with Crippen LogP contribution < -0.4 is 20.5 Å².